The second kappa shape index (κ2) is 3.76. The van der Waals surface area contributed by atoms with E-state index >= 15 is 0 Å². The molecule has 3 rings (SSSR count). The molecular formula is C14H11ClN+. The van der Waals surface area contributed by atoms with Crippen LogP contribution in [0.15, 0.2) is 54.7 Å². The summed E-state index contributed by atoms with van der Waals surface area (Å²) in [6.07, 6.45) is 2.10. The van der Waals surface area contributed by atoms with Crippen molar-refractivity contribution in [2.75, 3.05) is 0 Å². The molecule has 0 fully saturated rings. The Balaban J connectivity index is 2.57. The molecule has 0 unspecified atom stereocenters. The maximum absolute atomic E-state index is 5.97. The van der Waals surface area contributed by atoms with Gasteiger partial charge in [-0.15, -0.1) is 0 Å². The second-order valence-electron chi connectivity index (χ2n) is 3.82. The van der Waals surface area contributed by atoms with Crippen LogP contribution >= 0.6 is 11.6 Å². The summed E-state index contributed by atoms with van der Waals surface area (Å²) in [6, 6.07) is 17.2. The van der Waals surface area contributed by atoms with Gasteiger partial charge in [0.1, 0.15) is 0 Å². The minimum Gasteiger partial charge on any atom is -0.183 e. The molecule has 0 aliphatic rings. The number of fused-ring (bicyclic) bond motifs is 3. The van der Waals surface area contributed by atoms with E-state index in [9.17, 15) is 0 Å². The van der Waals surface area contributed by atoms with E-state index in [1.165, 1.54) is 21.7 Å². The molecule has 0 spiro atoms. The van der Waals surface area contributed by atoms with Gasteiger partial charge in [0.05, 0.1) is 5.39 Å². The van der Waals surface area contributed by atoms with Crippen molar-refractivity contribution in [2.24, 2.45) is 0 Å². The fraction of sp³-hybridized carbons (Fsp3) is 0.0714. The molecule has 0 amide bonds. The quantitative estimate of drug-likeness (QED) is 0.341. The molecule has 3 aromatic rings. The van der Waals surface area contributed by atoms with E-state index in [4.69, 9.17) is 11.6 Å². The highest BCUT2D eigenvalue weighted by molar-refractivity contribution is 6.15. The van der Waals surface area contributed by atoms with E-state index in [1.54, 1.807) is 0 Å². The lowest BCUT2D eigenvalue weighted by Gasteiger charge is -2.02. The van der Waals surface area contributed by atoms with Crippen molar-refractivity contribution >= 4 is 33.3 Å². The monoisotopic (exact) mass is 228 g/mol. The average molecular weight is 229 g/mol. The second-order valence-corrected chi connectivity index (χ2v) is 4.06. The van der Waals surface area contributed by atoms with Crippen LogP contribution in [0.5, 0.6) is 0 Å². The van der Waals surface area contributed by atoms with Crippen molar-refractivity contribution in [3.8, 4) is 0 Å². The molecule has 2 heteroatoms. The molecule has 16 heavy (non-hydrogen) atoms. The Morgan fingerprint density at radius 1 is 0.875 bits per heavy atom. The normalized spacial score (nSPS) is 11.1. The van der Waals surface area contributed by atoms with Gasteiger partial charge in [-0.25, -0.2) is 0 Å². The lowest BCUT2D eigenvalue weighted by molar-refractivity contribution is -0.650. The number of halogens is 1. The molecule has 0 saturated carbocycles. The van der Waals surface area contributed by atoms with Gasteiger partial charge in [-0.05, 0) is 12.1 Å². The zero-order valence-corrected chi connectivity index (χ0v) is 9.48. The van der Waals surface area contributed by atoms with Crippen LogP contribution in [-0.2, 0) is 6.00 Å². The molecule has 0 aliphatic carbocycles. The van der Waals surface area contributed by atoms with Crippen molar-refractivity contribution in [3.63, 3.8) is 0 Å². The van der Waals surface area contributed by atoms with Gasteiger partial charge in [0, 0.05) is 16.8 Å². The highest BCUT2D eigenvalue weighted by Gasteiger charge is 2.10. The number of aromatic nitrogens is 1. The molecule has 2 aromatic carbocycles. The first-order valence-corrected chi connectivity index (χ1v) is 5.79. The molecule has 1 aromatic heterocycles. The van der Waals surface area contributed by atoms with Crippen LogP contribution in [0.1, 0.15) is 0 Å². The van der Waals surface area contributed by atoms with Gasteiger partial charge >= 0.3 is 0 Å². The Morgan fingerprint density at radius 2 is 1.56 bits per heavy atom. The summed E-state index contributed by atoms with van der Waals surface area (Å²) >= 11 is 5.97. The summed E-state index contributed by atoms with van der Waals surface area (Å²) < 4.78 is 2.07. The van der Waals surface area contributed by atoms with E-state index in [0.717, 1.165) is 0 Å². The van der Waals surface area contributed by atoms with Crippen molar-refractivity contribution < 1.29 is 4.57 Å². The topological polar surface area (TPSA) is 3.88 Å². The van der Waals surface area contributed by atoms with Crippen LogP contribution in [0.3, 0.4) is 0 Å². The molecule has 0 N–H and O–H groups in total. The molecule has 1 nitrogen and oxygen atoms in total. The number of benzene rings is 2. The summed E-state index contributed by atoms with van der Waals surface area (Å²) in [6.45, 7) is 0. The minimum atomic E-state index is 0.478. The highest BCUT2D eigenvalue weighted by atomic mass is 35.5. The van der Waals surface area contributed by atoms with Crippen LogP contribution in [0.4, 0.5) is 0 Å². The van der Waals surface area contributed by atoms with Crippen LogP contribution in [0, 0.1) is 0 Å². The van der Waals surface area contributed by atoms with Gasteiger partial charge in [-0.1, -0.05) is 41.9 Å². The predicted octanol–water partition coefficient (Wildman–Crippen LogP) is 3.48. The first-order chi connectivity index (χ1) is 7.90. The van der Waals surface area contributed by atoms with E-state index in [0.29, 0.717) is 6.00 Å². The zero-order chi connectivity index (χ0) is 11.0. The molecule has 0 bridgehead atoms. The summed E-state index contributed by atoms with van der Waals surface area (Å²) in [4.78, 5) is 0. The average Bonchev–Trinajstić information content (AvgIpc) is 2.38. The van der Waals surface area contributed by atoms with E-state index < -0.39 is 0 Å². The Kier molecular flexibility index (Phi) is 2.26. The number of pyridine rings is 1. The van der Waals surface area contributed by atoms with Crippen LogP contribution in [-0.4, -0.2) is 0 Å². The Hall–Kier alpha value is -1.60. The molecule has 0 aliphatic heterocycles. The minimum absolute atomic E-state index is 0.478. The van der Waals surface area contributed by atoms with Crippen molar-refractivity contribution in [3.05, 3.63) is 54.7 Å². The number of para-hydroxylation sites is 1. The third kappa shape index (κ3) is 1.36. The van der Waals surface area contributed by atoms with Gasteiger partial charge in [-0.3, -0.25) is 0 Å². The maximum atomic E-state index is 5.97. The Labute approximate surface area is 98.9 Å². The van der Waals surface area contributed by atoms with Gasteiger partial charge in [0.25, 0.3) is 0 Å². The van der Waals surface area contributed by atoms with E-state index in [-0.39, 0.29) is 0 Å². The van der Waals surface area contributed by atoms with Crippen molar-refractivity contribution in [1.82, 2.24) is 0 Å². The zero-order valence-electron chi connectivity index (χ0n) is 8.73. The first kappa shape index (κ1) is 9.61. The van der Waals surface area contributed by atoms with Crippen LogP contribution < -0.4 is 4.57 Å². The largest absolute Gasteiger partial charge is 0.223 e. The summed E-state index contributed by atoms with van der Waals surface area (Å²) in [5.74, 6) is 0. The molecule has 78 valence electrons. The Bertz CT molecular complexity index is 661. The first-order valence-electron chi connectivity index (χ1n) is 5.26. The van der Waals surface area contributed by atoms with Gasteiger partial charge in [-0.2, -0.15) is 4.57 Å². The van der Waals surface area contributed by atoms with Gasteiger partial charge < -0.3 is 0 Å². The number of hydrogen-bond donors (Lipinski definition) is 0. The molecular weight excluding hydrogens is 218 g/mol. The van der Waals surface area contributed by atoms with Crippen molar-refractivity contribution in [1.29, 1.82) is 0 Å². The fourth-order valence-corrected chi connectivity index (χ4v) is 2.34. The lowest BCUT2D eigenvalue weighted by atomic mass is 10.1. The highest BCUT2D eigenvalue weighted by Crippen LogP contribution is 2.21. The van der Waals surface area contributed by atoms with Gasteiger partial charge in [0.2, 0.25) is 11.5 Å². The SMILES string of the molecule is ClC[n+]1cc2ccccc2c2ccccc21. The number of alkyl halides is 1. The maximum Gasteiger partial charge on any atom is 0.223 e. The van der Waals surface area contributed by atoms with Gasteiger partial charge in [0.15, 0.2) is 6.20 Å². The lowest BCUT2D eigenvalue weighted by Crippen LogP contribution is -2.31. The van der Waals surface area contributed by atoms with Crippen molar-refractivity contribution in [2.45, 2.75) is 6.00 Å². The molecule has 0 atom stereocenters. The molecule has 0 radical (unpaired) electrons. The number of hydrogen-bond acceptors (Lipinski definition) is 0. The third-order valence-corrected chi connectivity index (χ3v) is 3.15. The third-order valence-electron chi connectivity index (χ3n) is 2.89. The van der Waals surface area contributed by atoms with Crippen LogP contribution in [0.25, 0.3) is 21.7 Å². The standard InChI is InChI=1S/C14H11ClN/c15-10-16-9-11-5-1-2-6-12(11)13-7-3-4-8-14(13)16/h1-9H,10H2/q+1. The van der Waals surface area contributed by atoms with Crippen LogP contribution in [0.2, 0.25) is 0 Å². The number of rotatable bonds is 1. The summed E-state index contributed by atoms with van der Waals surface area (Å²) in [5, 5.41) is 3.75. The Morgan fingerprint density at radius 3 is 2.38 bits per heavy atom. The molecule has 1 heterocycles. The number of nitrogens with zero attached hydrogens (tertiary/aromatic N) is 1. The fourth-order valence-electron chi connectivity index (χ4n) is 2.14. The smallest absolute Gasteiger partial charge is 0.183 e. The van der Waals surface area contributed by atoms with E-state index in [2.05, 4.69) is 53.2 Å². The summed E-state index contributed by atoms with van der Waals surface area (Å²) in [7, 11) is 0. The molecule has 0 saturated heterocycles. The summed E-state index contributed by atoms with van der Waals surface area (Å²) in [5.41, 5.74) is 1.18. The predicted molar refractivity (Wildman–Crippen MR) is 67.5 cm³/mol. The van der Waals surface area contributed by atoms with E-state index in [1.807, 2.05) is 6.07 Å².